The average Bonchev–Trinajstić information content (AvgIpc) is 0.841. The van der Waals surface area contributed by atoms with Gasteiger partial charge in [-0.15, -0.1) is 0 Å². The number of amides is 2. The van der Waals surface area contributed by atoms with Crippen LogP contribution in [0.3, 0.4) is 0 Å². The van der Waals surface area contributed by atoms with E-state index >= 15 is 0 Å². The van der Waals surface area contributed by atoms with Crippen LogP contribution >= 0.6 is 0 Å². The Labute approximate surface area is 624 Å². The lowest BCUT2D eigenvalue weighted by atomic mass is 10.00. The summed E-state index contributed by atoms with van der Waals surface area (Å²) >= 11 is 0. The van der Waals surface area contributed by atoms with Gasteiger partial charge in [-0.25, -0.2) is 0 Å². The zero-order valence-electron chi connectivity index (χ0n) is 65.7. The number of hydrogen-bond acceptors (Lipinski definition) is 17. The fourth-order valence-electron chi connectivity index (χ4n) is 12.1. The lowest BCUT2D eigenvalue weighted by Crippen LogP contribution is -3.17. The maximum absolute atomic E-state index is 12.7. The van der Waals surface area contributed by atoms with Gasteiger partial charge in [-0.1, -0.05) is 200 Å². The monoisotopic (exact) mass is 1470 g/mol. The Morgan fingerprint density at radius 3 is 1.12 bits per heavy atom. The Bertz CT molecular complexity index is 2460. The van der Waals surface area contributed by atoms with Crippen LogP contribution in [0.4, 0.5) is 11.4 Å². The number of nitrogens with zero attached hydrogens (tertiary/aromatic N) is 1. The molecule has 0 aromatic heterocycles. The molecule has 592 valence electrons. The zero-order chi connectivity index (χ0) is 77.1. The van der Waals surface area contributed by atoms with Crippen molar-refractivity contribution in [1.29, 1.82) is 0 Å². The third kappa shape index (κ3) is 47.5. The number of carbonyl (C=O) groups is 10. The van der Waals surface area contributed by atoms with Gasteiger partial charge in [0.15, 0.2) is 18.2 Å². The van der Waals surface area contributed by atoms with E-state index < -0.39 is 60.0 Å². The molecule has 104 heavy (non-hydrogen) atoms. The van der Waals surface area contributed by atoms with Gasteiger partial charge in [-0.05, 0) is 127 Å². The molecule has 4 rings (SSSR count). The van der Waals surface area contributed by atoms with Crippen LogP contribution in [-0.4, -0.2) is 152 Å². The third-order valence-electron chi connectivity index (χ3n) is 18.4. The number of rotatable bonds is 50. The summed E-state index contributed by atoms with van der Waals surface area (Å²) < 4.78 is 31.0. The lowest BCUT2D eigenvalue weighted by molar-refractivity contribution is -0.921. The number of piperidine rings is 2. The topological polar surface area (TPSA) is 298 Å². The van der Waals surface area contributed by atoms with Gasteiger partial charge in [0.25, 0.3) is 5.91 Å². The molecule has 0 bridgehead atoms. The summed E-state index contributed by atoms with van der Waals surface area (Å²) in [7, 11) is 0. The number of carbonyl (C=O) groups excluding carboxylic acids is 8. The highest BCUT2D eigenvalue weighted by Crippen LogP contribution is 2.25. The summed E-state index contributed by atoms with van der Waals surface area (Å²) in [5, 5.41) is 23.7. The smallest absolute Gasteiger partial charge is 0.306 e. The Balaban J connectivity index is 0.000000703. The van der Waals surface area contributed by atoms with Crippen LogP contribution in [0.1, 0.15) is 308 Å². The van der Waals surface area contributed by atoms with Crippen LogP contribution in [0.2, 0.25) is 0 Å². The number of likely N-dealkylation sites (tertiary alicyclic amines) is 2. The Morgan fingerprint density at radius 1 is 0.413 bits per heavy atom. The molecule has 2 aliphatic rings. The second-order valence-corrected chi connectivity index (χ2v) is 27.9. The molecular weight excluding hydrogens is 1330 g/mol. The van der Waals surface area contributed by atoms with Gasteiger partial charge in [0.2, 0.25) is 5.91 Å². The lowest BCUT2D eigenvalue weighted by Gasteiger charge is -2.34. The van der Waals surface area contributed by atoms with E-state index in [9.17, 15) is 47.9 Å². The first kappa shape index (κ1) is 95.1. The number of aryl methyl sites for hydroxylation is 4. The normalized spacial score (nSPS) is 14.8. The molecule has 3 unspecified atom stereocenters. The fraction of sp³-hybridized carbons (Fsp3) is 0.732. The molecule has 0 spiro atoms. The number of quaternary nitrogens is 1. The zero-order valence-corrected chi connectivity index (χ0v) is 65.7. The first-order valence-corrected chi connectivity index (χ1v) is 39.8. The van der Waals surface area contributed by atoms with Crippen molar-refractivity contribution in [2.45, 2.75) is 338 Å². The molecule has 22 nitrogen and oxygen atoms in total. The molecule has 3 atom stereocenters. The molecular formula is C82H137N4O18+. The van der Waals surface area contributed by atoms with Crippen molar-refractivity contribution in [1.82, 2.24) is 4.90 Å². The molecule has 0 saturated carbocycles. The SMILES string of the molecule is CCCCCCCC(=O)OCC(COC(=O)CCCCCCC)OC(=O)CCC(=O)O.CCCCCCCC(=O)OCC(COC(=O)CCCCCCC)OC(=O)CCC(=O)O.CCCCN1CCCCC1C(=O)Nc1c(C)cccc1C.CCCC[NH+]1CCCCC1C(=O)Nc1c(C)cccc1C. The second kappa shape index (κ2) is 61.2. The molecule has 2 aromatic carbocycles. The summed E-state index contributed by atoms with van der Waals surface area (Å²) in [5.41, 5.74) is 6.56. The molecule has 2 aromatic rings. The van der Waals surface area contributed by atoms with E-state index in [1.807, 2.05) is 12.1 Å². The van der Waals surface area contributed by atoms with Crippen LogP contribution in [0.15, 0.2) is 36.4 Å². The van der Waals surface area contributed by atoms with E-state index in [2.05, 4.69) is 109 Å². The number of nitrogens with one attached hydrogen (secondary N) is 3. The quantitative estimate of drug-likeness (QED) is 0.0234. The Hall–Kier alpha value is -6.94. The van der Waals surface area contributed by atoms with Gasteiger partial charge in [-0.2, -0.15) is 0 Å². The van der Waals surface area contributed by atoms with Gasteiger partial charge >= 0.3 is 47.8 Å². The van der Waals surface area contributed by atoms with Gasteiger partial charge in [-0.3, -0.25) is 52.8 Å². The van der Waals surface area contributed by atoms with Gasteiger partial charge in [0, 0.05) is 43.5 Å². The number of esters is 6. The number of anilines is 2. The van der Waals surface area contributed by atoms with Crippen molar-refractivity contribution in [2.75, 3.05) is 63.2 Å². The summed E-state index contributed by atoms with van der Waals surface area (Å²) in [6, 6.07) is 12.5. The highest BCUT2D eigenvalue weighted by Gasteiger charge is 2.33. The van der Waals surface area contributed by atoms with Crippen LogP contribution in [0.25, 0.3) is 0 Å². The van der Waals surface area contributed by atoms with Gasteiger partial charge in [0.1, 0.15) is 26.4 Å². The molecule has 0 aliphatic carbocycles. The maximum Gasteiger partial charge on any atom is 0.306 e. The van der Waals surface area contributed by atoms with Crippen LogP contribution in [-0.2, 0) is 76.4 Å². The van der Waals surface area contributed by atoms with Crippen molar-refractivity contribution in [2.24, 2.45) is 0 Å². The van der Waals surface area contributed by atoms with Crippen LogP contribution in [0, 0.1) is 27.7 Å². The second-order valence-electron chi connectivity index (χ2n) is 27.9. The number of benzene rings is 2. The first-order chi connectivity index (χ1) is 50.0. The van der Waals surface area contributed by atoms with E-state index in [0.717, 1.165) is 207 Å². The molecule has 2 saturated heterocycles. The minimum atomic E-state index is -1.11. The number of para-hydroxylation sites is 2. The van der Waals surface area contributed by atoms with Gasteiger partial charge < -0.3 is 54.2 Å². The van der Waals surface area contributed by atoms with Crippen molar-refractivity contribution < 1.29 is 91.5 Å². The molecule has 2 fully saturated rings. The predicted molar refractivity (Wildman–Crippen MR) is 407 cm³/mol. The number of carboxylic acids is 2. The van der Waals surface area contributed by atoms with Crippen molar-refractivity contribution in [3.63, 3.8) is 0 Å². The Kier molecular flexibility index (Phi) is 56.0. The summed E-state index contributed by atoms with van der Waals surface area (Å²) in [6.07, 6.45) is 29.5. The summed E-state index contributed by atoms with van der Waals surface area (Å²) in [5.74, 6) is -4.92. The molecule has 2 aliphatic heterocycles. The Morgan fingerprint density at radius 2 is 0.760 bits per heavy atom. The first-order valence-electron chi connectivity index (χ1n) is 39.8. The fourth-order valence-corrected chi connectivity index (χ4v) is 12.1. The highest BCUT2D eigenvalue weighted by atomic mass is 16.6. The van der Waals surface area contributed by atoms with Gasteiger partial charge in [0.05, 0.1) is 44.8 Å². The summed E-state index contributed by atoms with van der Waals surface area (Å²) in [6.45, 7) is 24.6. The minimum Gasteiger partial charge on any atom is -0.481 e. The largest absolute Gasteiger partial charge is 0.481 e. The minimum absolute atomic E-state index is 0.0457. The van der Waals surface area contributed by atoms with Crippen molar-refractivity contribution in [3.05, 3.63) is 58.7 Å². The van der Waals surface area contributed by atoms with Crippen LogP contribution < -0.4 is 15.5 Å². The highest BCUT2D eigenvalue weighted by molar-refractivity contribution is 5.96. The average molecular weight is 1470 g/mol. The molecule has 22 heteroatoms. The van der Waals surface area contributed by atoms with E-state index in [1.165, 1.54) is 49.8 Å². The maximum atomic E-state index is 12.7. The number of hydrogen-bond donors (Lipinski definition) is 5. The number of carboxylic acid groups (broad SMARTS) is 2. The van der Waals surface area contributed by atoms with Crippen molar-refractivity contribution in [3.8, 4) is 0 Å². The molecule has 0 radical (unpaired) electrons. The van der Waals surface area contributed by atoms with Crippen LogP contribution in [0.5, 0.6) is 0 Å². The van der Waals surface area contributed by atoms with E-state index in [4.69, 9.17) is 38.6 Å². The predicted octanol–water partition coefficient (Wildman–Crippen LogP) is 15.5. The molecule has 5 N–H and O–H groups in total. The number of unbranched alkanes of at least 4 members (excludes halogenated alkanes) is 18. The standard InChI is InChI=1S/2C23H40O8.2C18H28N2O/c2*1-3-5-7-9-11-13-21(26)29-17-19(31-23(28)16-15-20(24)25)18-30-22(27)14-12-10-8-6-4-2;2*1-4-5-12-20-13-7-6-11-16(20)18(21)19-17-14(2)9-8-10-15(17)3/h2*19H,3-18H2,1-2H3,(H,24,25);2*8-10,16H,4-7,11-13H2,1-3H3,(H,19,21)/p+1. The number of aliphatic carboxylic acids is 2. The third-order valence-corrected chi connectivity index (χ3v) is 18.4. The molecule has 2 amide bonds. The van der Waals surface area contributed by atoms with E-state index in [1.54, 1.807) is 0 Å². The summed E-state index contributed by atoms with van der Waals surface area (Å²) in [4.78, 5) is 122. The van der Waals surface area contributed by atoms with E-state index in [0.29, 0.717) is 0 Å². The number of ether oxygens (including phenoxy) is 6. The van der Waals surface area contributed by atoms with E-state index in [-0.39, 0.29) is 102 Å². The van der Waals surface area contributed by atoms with Crippen molar-refractivity contribution >= 4 is 70.9 Å². The molecule has 2 heterocycles.